The SMILES string of the molecule is O=C(NCCc1nnc2ccccn12)c1ccc(-n2ccnc2)c([N+](=O)[O-])c1. The van der Waals surface area contributed by atoms with Crippen LogP contribution in [-0.2, 0) is 6.42 Å². The summed E-state index contributed by atoms with van der Waals surface area (Å²) in [4.78, 5) is 27.2. The fourth-order valence-corrected chi connectivity index (χ4v) is 2.88. The maximum absolute atomic E-state index is 12.4. The molecule has 0 bridgehead atoms. The van der Waals surface area contributed by atoms with E-state index in [1.54, 1.807) is 12.3 Å². The fraction of sp³-hybridized carbons (Fsp3) is 0.111. The van der Waals surface area contributed by atoms with Crippen molar-refractivity contribution in [2.24, 2.45) is 0 Å². The van der Waals surface area contributed by atoms with Crippen molar-refractivity contribution < 1.29 is 9.72 Å². The van der Waals surface area contributed by atoms with Gasteiger partial charge in [0, 0.05) is 43.2 Å². The summed E-state index contributed by atoms with van der Waals surface area (Å²) in [5, 5.41) is 22.3. The van der Waals surface area contributed by atoms with Crippen LogP contribution in [0.3, 0.4) is 0 Å². The number of fused-ring (bicyclic) bond motifs is 1. The molecule has 10 heteroatoms. The molecule has 10 nitrogen and oxygen atoms in total. The lowest BCUT2D eigenvalue weighted by molar-refractivity contribution is -0.384. The molecule has 0 aliphatic carbocycles. The van der Waals surface area contributed by atoms with Crippen molar-refractivity contribution >= 4 is 17.2 Å². The standard InChI is InChI=1S/C18H15N7O3/c26-18(20-7-6-17-22-21-16-3-1-2-9-24(16)17)13-4-5-14(15(11-13)25(27)28)23-10-8-19-12-23/h1-5,8-12H,6-7H2,(H,20,26). The van der Waals surface area contributed by atoms with Gasteiger partial charge in [-0.2, -0.15) is 0 Å². The van der Waals surface area contributed by atoms with E-state index in [2.05, 4.69) is 20.5 Å². The molecule has 0 atom stereocenters. The zero-order valence-corrected chi connectivity index (χ0v) is 14.6. The van der Waals surface area contributed by atoms with E-state index < -0.39 is 10.8 Å². The number of nitro groups is 1. The van der Waals surface area contributed by atoms with E-state index in [1.165, 1.54) is 29.2 Å². The van der Waals surface area contributed by atoms with E-state index in [0.29, 0.717) is 18.7 Å². The van der Waals surface area contributed by atoms with E-state index >= 15 is 0 Å². The first-order chi connectivity index (χ1) is 13.6. The lowest BCUT2D eigenvalue weighted by Gasteiger charge is -2.07. The smallest absolute Gasteiger partial charge is 0.294 e. The minimum atomic E-state index is -0.519. The molecule has 1 aromatic carbocycles. The number of imidazole rings is 1. The van der Waals surface area contributed by atoms with Gasteiger partial charge in [-0.25, -0.2) is 4.98 Å². The Labute approximate surface area is 158 Å². The first-order valence-corrected chi connectivity index (χ1v) is 8.47. The van der Waals surface area contributed by atoms with Gasteiger partial charge in [-0.3, -0.25) is 19.3 Å². The summed E-state index contributed by atoms with van der Waals surface area (Å²) in [6.07, 6.45) is 6.92. The van der Waals surface area contributed by atoms with Crippen LogP contribution in [0.25, 0.3) is 11.3 Å². The molecule has 4 aromatic rings. The van der Waals surface area contributed by atoms with Crippen molar-refractivity contribution in [3.63, 3.8) is 0 Å². The van der Waals surface area contributed by atoms with E-state index in [1.807, 2.05) is 28.8 Å². The maximum Gasteiger partial charge on any atom is 0.294 e. The number of hydrogen-bond donors (Lipinski definition) is 1. The molecule has 3 aromatic heterocycles. The average molecular weight is 377 g/mol. The van der Waals surface area contributed by atoms with Gasteiger partial charge in [0.1, 0.15) is 11.5 Å². The zero-order valence-electron chi connectivity index (χ0n) is 14.6. The molecule has 0 spiro atoms. The van der Waals surface area contributed by atoms with E-state index in [0.717, 1.165) is 11.5 Å². The summed E-state index contributed by atoms with van der Waals surface area (Å²) < 4.78 is 3.37. The molecule has 28 heavy (non-hydrogen) atoms. The number of aromatic nitrogens is 5. The lowest BCUT2D eigenvalue weighted by atomic mass is 10.1. The van der Waals surface area contributed by atoms with Gasteiger partial charge in [0.15, 0.2) is 5.65 Å². The third-order valence-corrected chi connectivity index (χ3v) is 4.24. The molecule has 0 radical (unpaired) electrons. The summed E-state index contributed by atoms with van der Waals surface area (Å²) in [5.41, 5.74) is 1.11. The molecule has 0 unspecified atom stereocenters. The average Bonchev–Trinajstić information content (AvgIpc) is 3.38. The number of nitro benzene ring substituents is 1. The molecule has 0 aliphatic heterocycles. The second kappa shape index (κ2) is 7.27. The first-order valence-electron chi connectivity index (χ1n) is 8.47. The molecule has 3 heterocycles. The summed E-state index contributed by atoms with van der Waals surface area (Å²) in [6.45, 7) is 0.325. The highest BCUT2D eigenvalue weighted by Gasteiger charge is 2.18. The van der Waals surface area contributed by atoms with Gasteiger partial charge in [-0.1, -0.05) is 6.07 Å². The first kappa shape index (κ1) is 17.3. The Morgan fingerprint density at radius 1 is 1.18 bits per heavy atom. The summed E-state index contributed by atoms with van der Waals surface area (Å²) in [5.74, 6) is 0.325. The molecule has 4 rings (SSSR count). The van der Waals surface area contributed by atoms with E-state index in [9.17, 15) is 14.9 Å². The van der Waals surface area contributed by atoms with Crippen LogP contribution in [0, 0.1) is 10.1 Å². The van der Waals surface area contributed by atoms with Crippen molar-refractivity contribution in [1.82, 2.24) is 29.5 Å². The monoisotopic (exact) mass is 377 g/mol. The molecular formula is C18H15N7O3. The van der Waals surface area contributed by atoms with E-state index in [-0.39, 0.29) is 11.3 Å². The number of nitrogens with one attached hydrogen (secondary N) is 1. The highest BCUT2D eigenvalue weighted by atomic mass is 16.6. The van der Waals surface area contributed by atoms with Crippen molar-refractivity contribution in [2.75, 3.05) is 6.54 Å². The molecular weight excluding hydrogens is 362 g/mol. The van der Waals surface area contributed by atoms with Crippen LogP contribution in [0.2, 0.25) is 0 Å². The number of nitrogens with zero attached hydrogens (tertiary/aromatic N) is 6. The zero-order chi connectivity index (χ0) is 19.5. The van der Waals surface area contributed by atoms with Gasteiger partial charge in [0.2, 0.25) is 0 Å². The van der Waals surface area contributed by atoms with Gasteiger partial charge in [-0.05, 0) is 24.3 Å². The number of carbonyl (C=O) groups excluding carboxylic acids is 1. The second-order valence-electron chi connectivity index (χ2n) is 5.98. The number of pyridine rings is 1. The quantitative estimate of drug-likeness (QED) is 0.404. The van der Waals surface area contributed by atoms with Crippen LogP contribution < -0.4 is 5.32 Å². The van der Waals surface area contributed by atoms with Gasteiger partial charge in [0.25, 0.3) is 11.6 Å². The Hall–Kier alpha value is -4.08. The van der Waals surface area contributed by atoms with Crippen LogP contribution >= 0.6 is 0 Å². The van der Waals surface area contributed by atoms with Crippen LogP contribution in [-0.4, -0.2) is 41.5 Å². The molecule has 0 saturated carbocycles. The van der Waals surface area contributed by atoms with Crippen molar-refractivity contribution in [3.05, 3.63) is 82.8 Å². The Bertz CT molecular complexity index is 1150. The largest absolute Gasteiger partial charge is 0.352 e. The van der Waals surface area contributed by atoms with Crippen LogP contribution in [0.5, 0.6) is 0 Å². The minimum Gasteiger partial charge on any atom is -0.352 e. The van der Waals surface area contributed by atoms with Crippen molar-refractivity contribution in [1.29, 1.82) is 0 Å². The highest BCUT2D eigenvalue weighted by molar-refractivity contribution is 5.95. The van der Waals surface area contributed by atoms with Gasteiger partial charge in [-0.15, -0.1) is 10.2 Å². The molecule has 0 saturated heterocycles. The Kier molecular flexibility index (Phi) is 4.50. The Balaban J connectivity index is 1.47. The summed E-state index contributed by atoms with van der Waals surface area (Å²) >= 11 is 0. The van der Waals surface area contributed by atoms with Crippen molar-refractivity contribution in [2.45, 2.75) is 6.42 Å². The molecule has 0 fully saturated rings. The molecule has 140 valence electrons. The summed E-state index contributed by atoms with van der Waals surface area (Å²) in [6, 6.07) is 9.92. The topological polar surface area (TPSA) is 120 Å². The van der Waals surface area contributed by atoms with Gasteiger partial charge >= 0.3 is 0 Å². The normalized spacial score (nSPS) is 10.9. The second-order valence-corrected chi connectivity index (χ2v) is 5.98. The van der Waals surface area contributed by atoms with E-state index in [4.69, 9.17) is 0 Å². The molecule has 0 aliphatic rings. The van der Waals surface area contributed by atoms with Crippen LogP contribution in [0.4, 0.5) is 5.69 Å². The number of hydrogen-bond acceptors (Lipinski definition) is 6. The van der Waals surface area contributed by atoms with Crippen LogP contribution in [0.1, 0.15) is 16.2 Å². The number of benzene rings is 1. The molecule has 1 amide bonds. The Morgan fingerprint density at radius 2 is 2.07 bits per heavy atom. The number of amides is 1. The Morgan fingerprint density at radius 3 is 2.86 bits per heavy atom. The summed E-state index contributed by atoms with van der Waals surface area (Å²) in [7, 11) is 0. The predicted octanol–water partition coefficient (Wildman–Crippen LogP) is 1.80. The third kappa shape index (κ3) is 3.30. The van der Waals surface area contributed by atoms with Gasteiger partial charge < -0.3 is 9.88 Å². The number of carbonyl (C=O) groups is 1. The maximum atomic E-state index is 12.4. The van der Waals surface area contributed by atoms with Crippen molar-refractivity contribution in [3.8, 4) is 5.69 Å². The molecule has 1 N–H and O–H groups in total. The predicted molar refractivity (Wildman–Crippen MR) is 99.2 cm³/mol. The van der Waals surface area contributed by atoms with Gasteiger partial charge in [0.05, 0.1) is 11.3 Å². The highest BCUT2D eigenvalue weighted by Crippen LogP contribution is 2.24. The fourth-order valence-electron chi connectivity index (χ4n) is 2.88. The lowest BCUT2D eigenvalue weighted by Crippen LogP contribution is -2.26. The number of rotatable bonds is 6. The third-order valence-electron chi connectivity index (χ3n) is 4.24. The minimum absolute atomic E-state index is 0.172. The van der Waals surface area contributed by atoms with Crippen LogP contribution in [0.15, 0.2) is 61.3 Å².